The lowest BCUT2D eigenvalue weighted by Gasteiger charge is -2.22. The fourth-order valence-corrected chi connectivity index (χ4v) is 6.44. The summed E-state index contributed by atoms with van der Waals surface area (Å²) in [6.07, 6.45) is 0.518. The van der Waals surface area contributed by atoms with Crippen molar-refractivity contribution in [1.29, 1.82) is 0 Å². The molecule has 2 fully saturated rings. The summed E-state index contributed by atoms with van der Waals surface area (Å²) < 4.78 is 44.0. The van der Waals surface area contributed by atoms with Gasteiger partial charge >= 0.3 is 6.18 Å². The van der Waals surface area contributed by atoms with Crippen molar-refractivity contribution in [3.8, 4) is 16.9 Å². The SMILES string of the molecule is Cc1ccc(C(=O)Nc2ccc(CN3CC4CN(C)CC4C3)c(C(F)(F)F)c2)cc1-n1cc(-c2cnc3[nH]ncc3c2)nn1. The van der Waals surface area contributed by atoms with Gasteiger partial charge in [0.05, 0.1) is 23.6 Å². The Kier molecular flexibility index (Phi) is 6.93. The Balaban J connectivity index is 1.09. The van der Waals surface area contributed by atoms with Crippen LogP contribution in [0.15, 0.2) is 61.1 Å². The minimum atomic E-state index is -4.55. The van der Waals surface area contributed by atoms with Gasteiger partial charge in [-0.3, -0.25) is 14.8 Å². The molecule has 2 aliphatic rings. The zero-order valence-corrected chi connectivity index (χ0v) is 24.1. The average Bonchev–Trinajstić information content (AvgIpc) is 3.77. The van der Waals surface area contributed by atoms with Crippen LogP contribution in [-0.2, 0) is 12.7 Å². The number of aromatic amines is 1. The Morgan fingerprint density at radius 2 is 1.84 bits per heavy atom. The van der Waals surface area contributed by atoms with E-state index in [1.54, 1.807) is 41.5 Å². The number of hydrogen-bond donors (Lipinski definition) is 2. The zero-order chi connectivity index (χ0) is 30.6. The number of rotatable bonds is 6. The molecule has 3 aromatic heterocycles. The highest BCUT2D eigenvalue weighted by Crippen LogP contribution is 2.37. The molecule has 13 heteroatoms. The molecule has 2 aliphatic heterocycles. The number of fused-ring (bicyclic) bond motifs is 2. The van der Waals surface area contributed by atoms with Gasteiger partial charge in [0.25, 0.3) is 5.91 Å². The molecule has 2 saturated heterocycles. The van der Waals surface area contributed by atoms with Crippen molar-refractivity contribution >= 4 is 22.6 Å². The van der Waals surface area contributed by atoms with Gasteiger partial charge in [-0.1, -0.05) is 17.3 Å². The lowest BCUT2D eigenvalue weighted by atomic mass is 10.0. The standard InChI is InChI=1S/C31H30F3N9O/c1-18-3-4-19(8-28(18)43-17-27(38-40-43)21-7-22-11-36-39-29(22)35-10-21)30(44)37-25-6-5-20(26(9-25)31(32,33)34)14-42-15-23-12-41(2)13-24(23)16-42/h3-11,17,23-24H,12-16H2,1-2H3,(H,37,44)(H,35,36,39). The molecule has 1 amide bonds. The first-order valence-corrected chi connectivity index (χ1v) is 14.4. The first kappa shape index (κ1) is 28.2. The number of likely N-dealkylation sites (tertiary alicyclic amines) is 2. The predicted octanol–water partition coefficient (Wildman–Crippen LogP) is 4.78. The quantitative estimate of drug-likeness (QED) is 0.289. The van der Waals surface area contributed by atoms with E-state index in [-0.39, 0.29) is 23.4 Å². The fourth-order valence-electron chi connectivity index (χ4n) is 6.44. The molecule has 0 bridgehead atoms. The number of nitrogens with zero attached hydrogens (tertiary/aromatic N) is 7. The molecular formula is C31H30F3N9O. The number of benzene rings is 2. The molecule has 2 unspecified atom stereocenters. The molecule has 5 aromatic rings. The molecule has 0 aliphatic carbocycles. The topological polar surface area (TPSA) is 108 Å². The fraction of sp³-hybridized carbons (Fsp3) is 0.323. The molecular weight excluding hydrogens is 571 g/mol. The van der Waals surface area contributed by atoms with E-state index in [0.29, 0.717) is 28.9 Å². The summed E-state index contributed by atoms with van der Waals surface area (Å²) in [4.78, 5) is 22.0. The van der Waals surface area contributed by atoms with Crippen LogP contribution in [0.2, 0.25) is 0 Å². The van der Waals surface area contributed by atoms with Gasteiger partial charge in [0, 0.05) is 61.1 Å². The van der Waals surface area contributed by atoms with Crippen LogP contribution in [0.3, 0.4) is 0 Å². The Bertz CT molecular complexity index is 1850. The third kappa shape index (κ3) is 5.44. The first-order valence-electron chi connectivity index (χ1n) is 14.4. The van der Waals surface area contributed by atoms with Gasteiger partial charge in [-0.15, -0.1) is 5.10 Å². The monoisotopic (exact) mass is 601 g/mol. The van der Waals surface area contributed by atoms with E-state index in [2.05, 4.69) is 47.7 Å². The largest absolute Gasteiger partial charge is 0.416 e. The van der Waals surface area contributed by atoms with E-state index < -0.39 is 17.6 Å². The molecule has 7 rings (SSSR count). The number of anilines is 1. The van der Waals surface area contributed by atoms with Gasteiger partial charge in [-0.25, -0.2) is 9.67 Å². The average molecular weight is 602 g/mol. The van der Waals surface area contributed by atoms with Crippen molar-refractivity contribution in [2.75, 3.05) is 38.5 Å². The normalized spacial score (nSPS) is 19.1. The highest BCUT2D eigenvalue weighted by atomic mass is 19.4. The minimum Gasteiger partial charge on any atom is -0.322 e. The number of aromatic nitrogens is 6. The van der Waals surface area contributed by atoms with Crippen molar-refractivity contribution < 1.29 is 18.0 Å². The molecule has 0 saturated carbocycles. The summed E-state index contributed by atoms with van der Waals surface area (Å²) in [6.45, 7) is 5.66. The van der Waals surface area contributed by atoms with E-state index >= 15 is 0 Å². The number of carbonyl (C=O) groups is 1. The first-order chi connectivity index (χ1) is 21.1. The number of alkyl halides is 3. The lowest BCUT2D eigenvalue weighted by molar-refractivity contribution is -0.138. The van der Waals surface area contributed by atoms with E-state index in [0.717, 1.165) is 48.8 Å². The highest BCUT2D eigenvalue weighted by Gasteiger charge is 2.40. The second-order valence-corrected chi connectivity index (χ2v) is 11.8. The third-order valence-corrected chi connectivity index (χ3v) is 8.61. The van der Waals surface area contributed by atoms with Gasteiger partial charge in [0.1, 0.15) is 5.69 Å². The number of hydrogen-bond acceptors (Lipinski definition) is 7. The molecule has 2 atom stereocenters. The number of pyridine rings is 1. The number of nitrogens with one attached hydrogen (secondary N) is 2. The number of H-pyrrole nitrogens is 1. The van der Waals surface area contributed by atoms with Gasteiger partial charge in [-0.05, 0) is 67.3 Å². The van der Waals surface area contributed by atoms with Crippen molar-refractivity contribution in [1.82, 2.24) is 40.0 Å². The van der Waals surface area contributed by atoms with Crippen molar-refractivity contribution in [2.45, 2.75) is 19.6 Å². The number of aryl methyl sites for hydroxylation is 1. The third-order valence-electron chi connectivity index (χ3n) is 8.61. The Morgan fingerprint density at radius 3 is 2.61 bits per heavy atom. The van der Waals surface area contributed by atoms with Gasteiger partial charge in [0.15, 0.2) is 5.65 Å². The van der Waals surface area contributed by atoms with Gasteiger partial charge in [-0.2, -0.15) is 18.3 Å². The van der Waals surface area contributed by atoms with E-state index in [1.807, 2.05) is 13.0 Å². The van der Waals surface area contributed by atoms with Crippen LogP contribution in [0.5, 0.6) is 0 Å². The molecule has 5 heterocycles. The molecule has 2 N–H and O–H groups in total. The molecule has 2 aromatic carbocycles. The van der Waals surface area contributed by atoms with Crippen LogP contribution in [0.1, 0.15) is 27.0 Å². The number of amides is 1. The van der Waals surface area contributed by atoms with Crippen LogP contribution in [-0.4, -0.2) is 79.1 Å². The maximum atomic E-state index is 14.2. The van der Waals surface area contributed by atoms with Crippen LogP contribution >= 0.6 is 0 Å². The molecule has 0 radical (unpaired) electrons. The maximum Gasteiger partial charge on any atom is 0.416 e. The van der Waals surface area contributed by atoms with E-state index in [4.69, 9.17) is 0 Å². The smallest absolute Gasteiger partial charge is 0.322 e. The zero-order valence-electron chi connectivity index (χ0n) is 24.1. The molecule has 0 spiro atoms. The summed E-state index contributed by atoms with van der Waals surface area (Å²) in [5.74, 6) is 0.471. The second kappa shape index (κ2) is 10.8. The van der Waals surface area contributed by atoms with Gasteiger partial charge < -0.3 is 10.2 Å². The van der Waals surface area contributed by atoms with Crippen LogP contribution in [0, 0.1) is 18.8 Å². The summed E-state index contributed by atoms with van der Waals surface area (Å²) in [5, 5.41) is 18.8. The van der Waals surface area contributed by atoms with Crippen LogP contribution in [0.25, 0.3) is 28.0 Å². The summed E-state index contributed by atoms with van der Waals surface area (Å²) in [7, 11) is 2.09. The molecule has 226 valence electrons. The second-order valence-electron chi connectivity index (χ2n) is 11.8. The number of carbonyl (C=O) groups excluding carboxylic acids is 1. The van der Waals surface area contributed by atoms with Crippen molar-refractivity contribution in [3.63, 3.8) is 0 Å². The summed E-state index contributed by atoms with van der Waals surface area (Å²) >= 11 is 0. The maximum absolute atomic E-state index is 14.2. The summed E-state index contributed by atoms with van der Waals surface area (Å²) in [5.41, 5.74) is 3.28. The Hall–Kier alpha value is -4.62. The van der Waals surface area contributed by atoms with Crippen LogP contribution < -0.4 is 5.32 Å². The minimum absolute atomic E-state index is 0.0818. The van der Waals surface area contributed by atoms with Crippen molar-refractivity contribution in [2.24, 2.45) is 11.8 Å². The van der Waals surface area contributed by atoms with Crippen LogP contribution in [0.4, 0.5) is 18.9 Å². The van der Waals surface area contributed by atoms with Crippen molar-refractivity contribution in [3.05, 3.63) is 83.3 Å². The predicted molar refractivity (Wildman–Crippen MR) is 158 cm³/mol. The molecule has 10 nitrogen and oxygen atoms in total. The highest BCUT2D eigenvalue weighted by molar-refractivity contribution is 6.04. The Morgan fingerprint density at radius 1 is 1.05 bits per heavy atom. The lowest BCUT2D eigenvalue weighted by Crippen LogP contribution is -2.27. The van der Waals surface area contributed by atoms with E-state index in [9.17, 15) is 18.0 Å². The summed E-state index contributed by atoms with van der Waals surface area (Å²) in [6, 6.07) is 11.0. The van der Waals surface area contributed by atoms with E-state index in [1.165, 1.54) is 12.1 Å². The molecule has 44 heavy (non-hydrogen) atoms. The van der Waals surface area contributed by atoms with Gasteiger partial charge in [0.2, 0.25) is 0 Å². The number of halogens is 3. The Labute approximate surface area is 250 Å².